The normalized spacial score (nSPS) is 14.9. The summed E-state index contributed by atoms with van der Waals surface area (Å²) in [7, 11) is 0. The van der Waals surface area contributed by atoms with Crippen LogP contribution in [-0.4, -0.2) is 33.7 Å². The first-order chi connectivity index (χ1) is 10.6. The van der Waals surface area contributed by atoms with Crippen molar-refractivity contribution in [1.82, 2.24) is 14.7 Å². The van der Waals surface area contributed by atoms with E-state index in [1.165, 1.54) is 6.07 Å². The van der Waals surface area contributed by atoms with E-state index in [1.54, 1.807) is 18.2 Å². The zero-order valence-corrected chi connectivity index (χ0v) is 12.7. The van der Waals surface area contributed by atoms with E-state index in [-0.39, 0.29) is 11.7 Å². The van der Waals surface area contributed by atoms with E-state index in [4.69, 9.17) is 0 Å². The summed E-state index contributed by atoms with van der Waals surface area (Å²) in [4.78, 5) is 13.9. The number of carbonyl (C=O) groups excluding carboxylic acids is 1. The Bertz CT molecular complexity index is 661. The van der Waals surface area contributed by atoms with Gasteiger partial charge in [0.1, 0.15) is 5.82 Å². The molecule has 0 aliphatic carbocycles. The fourth-order valence-corrected chi connectivity index (χ4v) is 2.82. The molecule has 116 valence electrons. The fraction of sp³-hybridized carbons (Fsp3) is 0.412. The lowest BCUT2D eigenvalue weighted by Crippen LogP contribution is -2.51. The molecule has 4 nitrogen and oxygen atoms in total. The van der Waals surface area contributed by atoms with Crippen molar-refractivity contribution < 1.29 is 9.18 Å². The highest BCUT2D eigenvalue weighted by Crippen LogP contribution is 2.19. The molecule has 2 heterocycles. The summed E-state index contributed by atoms with van der Waals surface area (Å²) in [5.41, 5.74) is 1.76. The van der Waals surface area contributed by atoms with E-state index in [0.29, 0.717) is 24.3 Å². The van der Waals surface area contributed by atoms with Gasteiger partial charge >= 0.3 is 0 Å². The number of aromatic nitrogens is 2. The number of aryl methyl sites for hydroxylation is 2. The topological polar surface area (TPSA) is 38.1 Å². The predicted octanol–water partition coefficient (Wildman–Crippen LogP) is 2.42. The number of carbonyl (C=O) groups is 1. The molecule has 5 heteroatoms. The number of rotatable bonds is 5. The minimum atomic E-state index is -0.231. The largest absolute Gasteiger partial charge is 0.342 e. The second kappa shape index (κ2) is 6.30. The number of likely N-dealkylation sites (tertiary alicyclic amines) is 1. The Balaban J connectivity index is 1.43. The highest BCUT2D eigenvalue weighted by Gasteiger charge is 2.30. The van der Waals surface area contributed by atoms with Gasteiger partial charge in [-0.2, -0.15) is 5.10 Å². The van der Waals surface area contributed by atoms with Crippen LogP contribution in [0.25, 0.3) is 0 Å². The summed E-state index contributed by atoms with van der Waals surface area (Å²) in [5, 5.41) is 4.26. The van der Waals surface area contributed by atoms with Crippen molar-refractivity contribution in [1.29, 1.82) is 0 Å². The maximum atomic E-state index is 13.5. The Hall–Kier alpha value is -2.17. The van der Waals surface area contributed by atoms with Gasteiger partial charge in [-0.1, -0.05) is 18.2 Å². The van der Waals surface area contributed by atoms with Gasteiger partial charge in [-0.05, 0) is 30.5 Å². The Morgan fingerprint density at radius 3 is 2.82 bits per heavy atom. The summed E-state index contributed by atoms with van der Waals surface area (Å²) in [5.74, 6) is 0.346. The third-order valence-corrected chi connectivity index (χ3v) is 4.08. The number of hydrogen-bond donors (Lipinski definition) is 0. The maximum absolute atomic E-state index is 13.5. The first-order valence-electron chi connectivity index (χ1n) is 7.62. The summed E-state index contributed by atoms with van der Waals surface area (Å²) in [6.45, 7) is 4.41. The van der Waals surface area contributed by atoms with Gasteiger partial charge in [0.15, 0.2) is 0 Å². The Kier molecular flexibility index (Phi) is 4.22. The van der Waals surface area contributed by atoms with Crippen LogP contribution in [0.2, 0.25) is 0 Å². The first-order valence-corrected chi connectivity index (χ1v) is 7.62. The van der Waals surface area contributed by atoms with Gasteiger partial charge in [-0.3, -0.25) is 9.48 Å². The van der Waals surface area contributed by atoms with Gasteiger partial charge < -0.3 is 4.90 Å². The Morgan fingerprint density at radius 2 is 2.14 bits per heavy atom. The summed E-state index contributed by atoms with van der Waals surface area (Å²) in [6.07, 6.45) is 4.69. The molecule has 0 unspecified atom stereocenters. The molecule has 1 aromatic heterocycles. The molecule has 1 fully saturated rings. The molecule has 1 aromatic carbocycles. The molecule has 0 spiro atoms. The first kappa shape index (κ1) is 14.8. The minimum Gasteiger partial charge on any atom is -0.342 e. The molecular weight excluding hydrogens is 281 g/mol. The average molecular weight is 301 g/mol. The lowest BCUT2D eigenvalue weighted by Gasteiger charge is -2.39. The summed E-state index contributed by atoms with van der Waals surface area (Å²) < 4.78 is 15.4. The number of nitrogens with zero attached hydrogens (tertiary/aromatic N) is 3. The van der Waals surface area contributed by atoms with Gasteiger partial charge in [-0.15, -0.1) is 0 Å². The standard InChI is InChI=1S/C17H20FN3O/c1-13-8-19-21(9-13)12-14-10-20(11-14)17(22)7-6-15-4-2-3-5-16(15)18/h2-5,8-9,14H,6-7,10-12H2,1H3. The van der Waals surface area contributed by atoms with Gasteiger partial charge in [-0.25, -0.2) is 4.39 Å². The molecule has 1 amide bonds. The second-order valence-electron chi connectivity index (χ2n) is 6.00. The Morgan fingerprint density at radius 1 is 1.36 bits per heavy atom. The highest BCUT2D eigenvalue weighted by molar-refractivity contribution is 5.77. The van der Waals surface area contributed by atoms with Crippen LogP contribution in [-0.2, 0) is 17.8 Å². The van der Waals surface area contributed by atoms with E-state index >= 15 is 0 Å². The number of halogens is 1. The van der Waals surface area contributed by atoms with E-state index in [0.717, 1.165) is 25.2 Å². The molecule has 1 aliphatic heterocycles. The van der Waals surface area contributed by atoms with Crippen LogP contribution in [0.5, 0.6) is 0 Å². The van der Waals surface area contributed by atoms with Crippen LogP contribution in [0.15, 0.2) is 36.7 Å². The van der Waals surface area contributed by atoms with Crippen LogP contribution in [0.1, 0.15) is 17.5 Å². The molecule has 0 atom stereocenters. The number of hydrogen-bond acceptors (Lipinski definition) is 2. The lowest BCUT2D eigenvalue weighted by molar-refractivity contribution is -0.137. The smallest absolute Gasteiger partial charge is 0.222 e. The molecule has 0 radical (unpaired) electrons. The average Bonchev–Trinajstić information content (AvgIpc) is 2.86. The van der Waals surface area contributed by atoms with Crippen molar-refractivity contribution in [2.45, 2.75) is 26.3 Å². The quantitative estimate of drug-likeness (QED) is 0.850. The molecule has 0 N–H and O–H groups in total. The fourth-order valence-electron chi connectivity index (χ4n) is 2.82. The summed E-state index contributed by atoms with van der Waals surface area (Å²) >= 11 is 0. The third-order valence-electron chi connectivity index (χ3n) is 4.08. The molecule has 1 aliphatic rings. The highest BCUT2D eigenvalue weighted by atomic mass is 19.1. The van der Waals surface area contributed by atoms with Gasteiger partial charge in [0.25, 0.3) is 0 Å². The van der Waals surface area contributed by atoms with Crippen molar-refractivity contribution in [2.75, 3.05) is 13.1 Å². The van der Waals surface area contributed by atoms with Crippen LogP contribution >= 0.6 is 0 Å². The SMILES string of the molecule is Cc1cnn(CC2CN(C(=O)CCc3ccccc3F)C2)c1. The van der Waals surface area contributed by atoms with Gasteiger partial charge in [0, 0.05) is 38.2 Å². The molecule has 2 aromatic rings. The van der Waals surface area contributed by atoms with Crippen molar-refractivity contribution in [3.8, 4) is 0 Å². The van der Waals surface area contributed by atoms with Crippen LogP contribution < -0.4 is 0 Å². The van der Waals surface area contributed by atoms with E-state index in [9.17, 15) is 9.18 Å². The van der Waals surface area contributed by atoms with Crippen molar-refractivity contribution in [3.05, 3.63) is 53.6 Å². The van der Waals surface area contributed by atoms with Crippen LogP contribution in [0.3, 0.4) is 0 Å². The van der Waals surface area contributed by atoms with Crippen LogP contribution in [0, 0.1) is 18.7 Å². The maximum Gasteiger partial charge on any atom is 0.222 e. The zero-order chi connectivity index (χ0) is 15.5. The molecule has 3 rings (SSSR count). The molecular formula is C17H20FN3O. The second-order valence-corrected chi connectivity index (χ2v) is 6.00. The number of amides is 1. The van der Waals surface area contributed by atoms with E-state index in [1.807, 2.05) is 28.9 Å². The monoisotopic (exact) mass is 301 g/mol. The van der Waals surface area contributed by atoms with E-state index in [2.05, 4.69) is 5.10 Å². The van der Waals surface area contributed by atoms with Gasteiger partial charge in [0.2, 0.25) is 5.91 Å². The lowest BCUT2D eigenvalue weighted by atomic mass is 9.99. The van der Waals surface area contributed by atoms with Crippen molar-refractivity contribution in [2.24, 2.45) is 5.92 Å². The van der Waals surface area contributed by atoms with Crippen molar-refractivity contribution in [3.63, 3.8) is 0 Å². The zero-order valence-electron chi connectivity index (χ0n) is 12.7. The van der Waals surface area contributed by atoms with E-state index < -0.39 is 0 Å². The van der Waals surface area contributed by atoms with Crippen molar-refractivity contribution >= 4 is 5.91 Å². The summed E-state index contributed by atoms with van der Waals surface area (Å²) in [6, 6.07) is 6.64. The molecule has 22 heavy (non-hydrogen) atoms. The number of benzene rings is 1. The Labute approximate surface area is 129 Å². The third kappa shape index (κ3) is 3.35. The molecule has 0 bridgehead atoms. The van der Waals surface area contributed by atoms with Crippen LogP contribution in [0.4, 0.5) is 4.39 Å². The minimum absolute atomic E-state index is 0.108. The molecule has 0 saturated carbocycles. The van der Waals surface area contributed by atoms with Gasteiger partial charge in [0.05, 0.1) is 6.20 Å². The predicted molar refractivity (Wildman–Crippen MR) is 81.8 cm³/mol. The molecule has 1 saturated heterocycles.